The van der Waals surface area contributed by atoms with E-state index in [1.54, 1.807) is 0 Å². The van der Waals surface area contributed by atoms with Gasteiger partial charge in [0.05, 0.1) is 12.1 Å². The smallest absolute Gasteiger partial charge is 0.406 e. The van der Waals surface area contributed by atoms with Gasteiger partial charge in [0.1, 0.15) is 11.6 Å². The number of aliphatic hydroxyl groups excluding tert-OH is 1. The molecule has 1 aliphatic carbocycles. The van der Waals surface area contributed by atoms with Gasteiger partial charge in [0.25, 0.3) is 0 Å². The molecule has 0 radical (unpaired) electrons. The molecule has 1 aromatic carbocycles. The van der Waals surface area contributed by atoms with Gasteiger partial charge in [-0.15, -0.1) is 13.2 Å². The van der Waals surface area contributed by atoms with E-state index >= 15 is 0 Å². The third-order valence-electron chi connectivity index (χ3n) is 3.03. The van der Waals surface area contributed by atoms with Gasteiger partial charge in [-0.25, -0.2) is 4.39 Å². The number of hydrogen-bond donors (Lipinski definition) is 2. The van der Waals surface area contributed by atoms with Gasteiger partial charge in [0.2, 0.25) is 0 Å². The van der Waals surface area contributed by atoms with Gasteiger partial charge in [0.15, 0.2) is 0 Å². The Bertz CT molecular complexity index is 460. The Morgan fingerprint density at radius 3 is 2.47 bits per heavy atom. The molecule has 1 saturated carbocycles. The summed E-state index contributed by atoms with van der Waals surface area (Å²) in [6.07, 6.45) is -4.24. The molecule has 0 aliphatic heterocycles. The van der Waals surface area contributed by atoms with Crippen molar-refractivity contribution in [3.63, 3.8) is 0 Å². The number of benzene rings is 1. The van der Waals surface area contributed by atoms with Crippen molar-refractivity contribution in [3.05, 3.63) is 29.6 Å². The Kier molecular flexibility index (Phi) is 3.69. The molecule has 1 aromatic rings. The van der Waals surface area contributed by atoms with Crippen LogP contribution in [-0.2, 0) is 0 Å². The van der Waals surface area contributed by atoms with Crippen LogP contribution in [0.1, 0.15) is 24.4 Å². The van der Waals surface area contributed by atoms with Crippen LogP contribution >= 0.6 is 0 Å². The first-order valence-corrected chi connectivity index (χ1v) is 5.77. The maximum atomic E-state index is 13.6. The standard InChI is InChI=1S/C12H13F4NO2/c13-9-4-3-7(19-12(14,15)16)5-8(9)10(17)11(18)6-1-2-6/h3-6,10-11,18H,1-2,17H2/t10-,11+/m0/s1. The van der Waals surface area contributed by atoms with Crippen LogP contribution in [0.4, 0.5) is 17.6 Å². The number of ether oxygens (including phenoxy) is 1. The maximum absolute atomic E-state index is 13.6. The van der Waals surface area contributed by atoms with Gasteiger partial charge < -0.3 is 15.6 Å². The number of alkyl halides is 3. The summed E-state index contributed by atoms with van der Waals surface area (Å²) in [5, 5.41) is 9.80. The molecular weight excluding hydrogens is 266 g/mol. The van der Waals surface area contributed by atoms with Crippen molar-refractivity contribution in [2.24, 2.45) is 11.7 Å². The fourth-order valence-electron chi connectivity index (χ4n) is 1.89. The zero-order valence-electron chi connectivity index (χ0n) is 9.82. The third kappa shape index (κ3) is 3.57. The summed E-state index contributed by atoms with van der Waals surface area (Å²) >= 11 is 0. The molecule has 0 unspecified atom stereocenters. The molecule has 2 rings (SSSR count). The van der Waals surface area contributed by atoms with Gasteiger partial charge in [-0.1, -0.05) is 0 Å². The molecule has 0 saturated heterocycles. The Morgan fingerprint density at radius 2 is 1.95 bits per heavy atom. The summed E-state index contributed by atoms with van der Waals surface area (Å²) in [6, 6.07) is 1.52. The molecule has 0 aromatic heterocycles. The predicted octanol–water partition coefficient (Wildman–Crippen LogP) is 2.50. The normalized spacial score (nSPS) is 19.1. The minimum atomic E-state index is -4.85. The van der Waals surface area contributed by atoms with Crippen LogP contribution in [0, 0.1) is 11.7 Å². The number of rotatable bonds is 4. The highest BCUT2D eigenvalue weighted by Gasteiger charge is 2.36. The summed E-state index contributed by atoms with van der Waals surface area (Å²) < 4.78 is 53.5. The fraction of sp³-hybridized carbons (Fsp3) is 0.500. The summed E-state index contributed by atoms with van der Waals surface area (Å²) in [5.41, 5.74) is 5.51. The average molecular weight is 279 g/mol. The van der Waals surface area contributed by atoms with Crippen molar-refractivity contribution in [2.75, 3.05) is 0 Å². The van der Waals surface area contributed by atoms with Crippen LogP contribution in [0.2, 0.25) is 0 Å². The van der Waals surface area contributed by atoms with E-state index in [-0.39, 0.29) is 11.5 Å². The van der Waals surface area contributed by atoms with Gasteiger partial charge in [-0.3, -0.25) is 0 Å². The highest BCUT2D eigenvalue weighted by atomic mass is 19.4. The molecule has 1 fully saturated rings. The van der Waals surface area contributed by atoms with E-state index in [1.165, 1.54) is 0 Å². The zero-order chi connectivity index (χ0) is 14.2. The van der Waals surface area contributed by atoms with Gasteiger partial charge in [0, 0.05) is 5.56 Å². The topological polar surface area (TPSA) is 55.5 Å². The maximum Gasteiger partial charge on any atom is 0.573 e. The van der Waals surface area contributed by atoms with Crippen LogP contribution in [0.25, 0.3) is 0 Å². The summed E-state index contributed by atoms with van der Waals surface area (Å²) in [4.78, 5) is 0. The Balaban J connectivity index is 2.21. The lowest BCUT2D eigenvalue weighted by Gasteiger charge is -2.20. The second-order valence-corrected chi connectivity index (χ2v) is 4.58. The number of hydrogen-bond acceptors (Lipinski definition) is 3. The van der Waals surface area contributed by atoms with Gasteiger partial charge in [-0.05, 0) is 37.0 Å². The molecule has 106 valence electrons. The lowest BCUT2D eigenvalue weighted by molar-refractivity contribution is -0.274. The van der Waals surface area contributed by atoms with E-state index in [0.29, 0.717) is 0 Å². The third-order valence-corrected chi connectivity index (χ3v) is 3.03. The van der Waals surface area contributed by atoms with Gasteiger partial charge >= 0.3 is 6.36 Å². The molecule has 3 N–H and O–H groups in total. The SMILES string of the molecule is N[C@@H](c1cc(OC(F)(F)F)ccc1F)[C@H](O)C1CC1. The monoisotopic (exact) mass is 279 g/mol. The van der Waals surface area contributed by atoms with Crippen LogP contribution < -0.4 is 10.5 Å². The average Bonchev–Trinajstić information content (AvgIpc) is 3.12. The van der Waals surface area contributed by atoms with E-state index in [4.69, 9.17) is 5.73 Å². The van der Waals surface area contributed by atoms with Crippen molar-refractivity contribution < 1.29 is 27.4 Å². The molecule has 3 nitrogen and oxygen atoms in total. The summed E-state index contributed by atoms with van der Waals surface area (Å²) in [5.74, 6) is -1.33. The minimum absolute atomic E-state index is 0.0124. The lowest BCUT2D eigenvalue weighted by atomic mass is 9.98. The van der Waals surface area contributed by atoms with E-state index in [9.17, 15) is 22.7 Å². The first-order chi connectivity index (χ1) is 8.78. The van der Waals surface area contributed by atoms with Crippen molar-refractivity contribution in [1.29, 1.82) is 0 Å². The van der Waals surface area contributed by atoms with E-state index in [0.717, 1.165) is 31.0 Å². The summed E-state index contributed by atoms with van der Waals surface area (Å²) in [6.45, 7) is 0. The second-order valence-electron chi connectivity index (χ2n) is 4.58. The number of halogens is 4. The van der Waals surface area contributed by atoms with Crippen LogP contribution in [0.5, 0.6) is 5.75 Å². The van der Waals surface area contributed by atoms with Gasteiger partial charge in [-0.2, -0.15) is 0 Å². The minimum Gasteiger partial charge on any atom is -0.406 e. The van der Waals surface area contributed by atoms with Crippen LogP contribution in [0.3, 0.4) is 0 Å². The first-order valence-electron chi connectivity index (χ1n) is 5.77. The molecule has 0 bridgehead atoms. The van der Waals surface area contributed by atoms with E-state index in [1.807, 2.05) is 0 Å². The highest BCUT2D eigenvalue weighted by molar-refractivity contribution is 5.32. The molecule has 0 heterocycles. The van der Waals surface area contributed by atoms with E-state index < -0.39 is 30.1 Å². The molecule has 0 spiro atoms. The van der Waals surface area contributed by atoms with Crippen molar-refractivity contribution >= 4 is 0 Å². The van der Waals surface area contributed by atoms with Crippen LogP contribution in [0.15, 0.2) is 18.2 Å². The Morgan fingerprint density at radius 1 is 1.32 bits per heavy atom. The quantitative estimate of drug-likeness (QED) is 0.833. The largest absolute Gasteiger partial charge is 0.573 e. The van der Waals surface area contributed by atoms with Crippen molar-refractivity contribution in [2.45, 2.75) is 31.3 Å². The van der Waals surface area contributed by atoms with Crippen LogP contribution in [-0.4, -0.2) is 17.6 Å². The molecule has 1 aliphatic rings. The molecule has 7 heteroatoms. The van der Waals surface area contributed by atoms with Crippen molar-refractivity contribution in [3.8, 4) is 5.75 Å². The lowest BCUT2D eigenvalue weighted by Crippen LogP contribution is -2.29. The fourth-order valence-corrected chi connectivity index (χ4v) is 1.89. The first kappa shape index (κ1) is 14.1. The highest BCUT2D eigenvalue weighted by Crippen LogP contribution is 2.38. The zero-order valence-corrected chi connectivity index (χ0v) is 9.82. The summed E-state index contributed by atoms with van der Waals surface area (Å²) in [7, 11) is 0. The van der Waals surface area contributed by atoms with E-state index in [2.05, 4.69) is 4.74 Å². The molecule has 19 heavy (non-hydrogen) atoms. The predicted molar refractivity (Wildman–Crippen MR) is 58.7 cm³/mol. The number of aliphatic hydroxyl groups is 1. The second kappa shape index (κ2) is 4.97. The Hall–Kier alpha value is -1.34. The van der Waals surface area contributed by atoms with Crippen molar-refractivity contribution in [1.82, 2.24) is 0 Å². The number of nitrogens with two attached hydrogens (primary N) is 1. The Labute approximate surface area is 107 Å². The molecule has 2 atom stereocenters. The molecule has 0 amide bonds. The molecular formula is C12H13F4NO2.